The van der Waals surface area contributed by atoms with Crippen molar-refractivity contribution >= 4 is 34.4 Å². The lowest BCUT2D eigenvalue weighted by molar-refractivity contribution is -0.700. The van der Waals surface area contributed by atoms with Crippen molar-refractivity contribution in [2.45, 2.75) is 11.7 Å². The molecular formula is C28H24N3O2S+. The molecule has 5 rings (SSSR count). The van der Waals surface area contributed by atoms with Gasteiger partial charge in [-0.2, -0.15) is 0 Å². The molecule has 0 unspecified atom stereocenters. The molecule has 34 heavy (non-hydrogen) atoms. The van der Waals surface area contributed by atoms with Crippen LogP contribution < -0.4 is 14.6 Å². The number of hydrogen-bond acceptors (Lipinski definition) is 3. The molecule has 0 atom stereocenters. The zero-order valence-electron chi connectivity index (χ0n) is 18.5. The number of anilines is 1. The van der Waals surface area contributed by atoms with E-state index in [4.69, 9.17) is 4.74 Å². The lowest BCUT2D eigenvalue weighted by Crippen LogP contribution is -2.35. The van der Waals surface area contributed by atoms with Crippen LogP contribution in [0.15, 0.2) is 114 Å². The number of benzene rings is 4. The van der Waals surface area contributed by atoms with Crippen molar-refractivity contribution in [3.63, 3.8) is 0 Å². The van der Waals surface area contributed by atoms with Gasteiger partial charge in [-0.05, 0) is 65.9 Å². The zero-order chi connectivity index (χ0) is 23.2. The van der Waals surface area contributed by atoms with E-state index >= 15 is 0 Å². The predicted octanol–water partition coefficient (Wildman–Crippen LogP) is 6.03. The van der Waals surface area contributed by atoms with Gasteiger partial charge in [0.15, 0.2) is 11.0 Å². The number of amides is 1. The van der Waals surface area contributed by atoms with Crippen LogP contribution in [0.5, 0.6) is 11.5 Å². The molecular weight excluding hydrogens is 442 g/mol. The first kappa shape index (κ1) is 21.8. The van der Waals surface area contributed by atoms with Crippen molar-refractivity contribution in [3.05, 3.63) is 115 Å². The normalized spacial score (nSPS) is 10.8. The van der Waals surface area contributed by atoms with Gasteiger partial charge in [0.25, 0.3) is 0 Å². The molecule has 168 valence electrons. The third-order valence-corrected chi connectivity index (χ3v) is 6.32. The number of fused-ring (bicyclic) bond motifs is 1. The topological polar surface area (TPSA) is 58.0 Å². The molecule has 0 radical (unpaired) electrons. The van der Waals surface area contributed by atoms with Gasteiger partial charge in [-0.3, -0.25) is 4.79 Å². The number of carbonyl (C=O) groups excluding carboxylic acids is 1. The van der Waals surface area contributed by atoms with E-state index in [0.29, 0.717) is 5.75 Å². The number of aromatic amines is 1. The molecule has 1 aromatic heterocycles. The van der Waals surface area contributed by atoms with Gasteiger partial charge in [-0.15, -0.1) is 0 Å². The Hall–Kier alpha value is -4.03. The van der Waals surface area contributed by atoms with E-state index in [9.17, 15) is 4.79 Å². The average molecular weight is 467 g/mol. The molecule has 0 saturated carbocycles. The Morgan fingerprint density at radius 2 is 1.44 bits per heavy atom. The van der Waals surface area contributed by atoms with E-state index in [1.807, 2.05) is 84.9 Å². The summed E-state index contributed by atoms with van der Waals surface area (Å²) in [7, 11) is 0. The number of para-hydroxylation sites is 3. The molecule has 0 aliphatic heterocycles. The van der Waals surface area contributed by atoms with Crippen molar-refractivity contribution in [2.75, 3.05) is 11.1 Å². The standard InChI is InChI=1S/C28H23N3O2S/c32-27(29-22-15-17-24(18-16-22)33-23-11-5-2-6-12-23)20-34-28-30-25-13-7-8-14-26(25)31(28)19-21-9-3-1-4-10-21/h1-18H,19-20H2,(H,29,32)/p+1. The van der Waals surface area contributed by atoms with E-state index in [1.54, 1.807) is 0 Å². The van der Waals surface area contributed by atoms with Crippen molar-refractivity contribution in [3.8, 4) is 11.5 Å². The number of rotatable bonds is 8. The van der Waals surface area contributed by atoms with Gasteiger partial charge in [0, 0.05) is 5.69 Å². The molecule has 1 amide bonds. The van der Waals surface area contributed by atoms with Crippen molar-refractivity contribution in [1.29, 1.82) is 0 Å². The zero-order valence-corrected chi connectivity index (χ0v) is 19.3. The van der Waals surface area contributed by atoms with Gasteiger partial charge in [-0.25, -0.2) is 9.55 Å². The third-order valence-electron chi connectivity index (χ3n) is 5.32. The minimum atomic E-state index is -0.0633. The summed E-state index contributed by atoms with van der Waals surface area (Å²) < 4.78 is 8.03. The highest BCUT2D eigenvalue weighted by atomic mass is 32.2. The summed E-state index contributed by atoms with van der Waals surface area (Å²) in [5, 5.41) is 3.92. The maximum Gasteiger partial charge on any atom is 0.317 e. The molecule has 2 N–H and O–H groups in total. The lowest BCUT2D eigenvalue weighted by atomic mass is 10.2. The number of carbonyl (C=O) groups is 1. The molecule has 0 spiro atoms. The van der Waals surface area contributed by atoms with E-state index in [-0.39, 0.29) is 5.91 Å². The van der Waals surface area contributed by atoms with Crippen LogP contribution in [0.4, 0.5) is 5.69 Å². The average Bonchev–Trinajstić information content (AvgIpc) is 3.22. The predicted molar refractivity (Wildman–Crippen MR) is 136 cm³/mol. The van der Waals surface area contributed by atoms with Crippen LogP contribution in [0, 0.1) is 0 Å². The first-order chi connectivity index (χ1) is 16.7. The second-order valence-electron chi connectivity index (χ2n) is 7.80. The highest BCUT2D eigenvalue weighted by Crippen LogP contribution is 2.23. The summed E-state index contributed by atoms with van der Waals surface area (Å²) in [6.45, 7) is 0.734. The minimum absolute atomic E-state index is 0.0633. The number of aromatic nitrogens is 2. The van der Waals surface area contributed by atoms with Gasteiger partial charge in [-0.1, -0.05) is 60.7 Å². The van der Waals surface area contributed by atoms with Crippen LogP contribution in [0.3, 0.4) is 0 Å². The van der Waals surface area contributed by atoms with Gasteiger partial charge < -0.3 is 10.1 Å². The number of ether oxygens (including phenoxy) is 1. The Bertz CT molecular complexity index is 1380. The SMILES string of the molecule is O=C(CSc1[nH]c2ccccc2[n+]1Cc1ccccc1)Nc1ccc(Oc2ccccc2)cc1. The third kappa shape index (κ3) is 5.30. The van der Waals surface area contributed by atoms with Crippen molar-refractivity contribution in [1.82, 2.24) is 4.98 Å². The molecule has 4 aromatic carbocycles. The van der Waals surface area contributed by atoms with Gasteiger partial charge in [0.1, 0.15) is 18.0 Å². The molecule has 0 aliphatic rings. The van der Waals surface area contributed by atoms with Gasteiger partial charge >= 0.3 is 5.16 Å². The van der Waals surface area contributed by atoms with E-state index in [1.165, 1.54) is 17.3 Å². The molecule has 5 aromatic rings. The summed E-state index contributed by atoms with van der Waals surface area (Å²) in [6, 6.07) is 35.5. The van der Waals surface area contributed by atoms with E-state index in [0.717, 1.165) is 39.9 Å². The highest BCUT2D eigenvalue weighted by molar-refractivity contribution is 7.99. The van der Waals surface area contributed by atoms with Crippen LogP contribution in [-0.4, -0.2) is 16.6 Å². The molecule has 0 aliphatic carbocycles. The monoisotopic (exact) mass is 466 g/mol. The molecule has 5 nitrogen and oxygen atoms in total. The Kier molecular flexibility index (Phi) is 6.59. The van der Waals surface area contributed by atoms with Crippen molar-refractivity contribution in [2.24, 2.45) is 0 Å². The Balaban J connectivity index is 1.24. The molecule has 0 fully saturated rings. The van der Waals surface area contributed by atoms with Crippen LogP contribution in [0.25, 0.3) is 11.0 Å². The fraction of sp³-hybridized carbons (Fsp3) is 0.0714. The summed E-state index contributed by atoms with van der Waals surface area (Å²) in [6.07, 6.45) is 0. The summed E-state index contributed by atoms with van der Waals surface area (Å²) in [5.74, 6) is 1.73. The van der Waals surface area contributed by atoms with Gasteiger partial charge in [0.2, 0.25) is 5.91 Å². The Labute approximate surface area is 202 Å². The molecule has 0 bridgehead atoms. The fourth-order valence-corrected chi connectivity index (χ4v) is 4.55. The lowest BCUT2D eigenvalue weighted by Gasteiger charge is -2.08. The van der Waals surface area contributed by atoms with E-state index < -0.39 is 0 Å². The molecule has 0 saturated heterocycles. The van der Waals surface area contributed by atoms with Gasteiger partial charge in [0.05, 0.1) is 5.75 Å². The molecule has 1 heterocycles. The number of imidazole rings is 1. The number of thioether (sulfide) groups is 1. The maximum atomic E-state index is 12.7. The highest BCUT2D eigenvalue weighted by Gasteiger charge is 2.20. The molecule has 6 heteroatoms. The summed E-state index contributed by atoms with van der Waals surface area (Å²) in [5.41, 5.74) is 4.11. The largest absolute Gasteiger partial charge is 0.457 e. The first-order valence-electron chi connectivity index (χ1n) is 11.0. The van der Waals surface area contributed by atoms with Crippen LogP contribution >= 0.6 is 11.8 Å². The number of nitrogens with one attached hydrogen (secondary N) is 2. The van der Waals surface area contributed by atoms with Crippen LogP contribution in [0.2, 0.25) is 0 Å². The number of H-pyrrole nitrogens is 1. The number of nitrogens with zero attached hydrogens (tertiary/aromatic N) is 1. The summed E-state index contributed by atoms with van der Waals surface area (Å²) in [4.78, 5) is 16.1. The quantitative estimate of drug-likeness (QED) is 0.217. The smallest absolute Gasteiger partial charge is 0.317 e. The summed E-state index contributed by atoms with van der Waals surface area (Å²) >= 11 is 1.49. The Morgan fingerprint density at radius 3 is 2.21 bits per heavy atom. The van der Waals surface area contributed by atoms with E-state index in [2.05, 4.69) is 39.1 Å². The maximum absolute atomic E-state index is 12.7. The Morgan fingerprint density at radius 1 is 0.794 bits per heavy atom. The second kappa shape index (κ2) is 10.3. The second-order valence-corrected chi connectivity index (χ2v) is 8.76. The fourth-order valence-electron chi connectivity index (χ4n) is 3.71. The number of hydrogen-bond donors (Lipinski definition) is 2. The first-order valence-corrected chi connectivity index (χ1v) is 12.0. The van der Waals surface area contributed by atoms with Crippen molar-refractivity contribution < 1.29 is 14.1 Å². The van der Waals surface area contributed by atoms with Crippen LogP contribution in [0.1, 0.15) is 5.56 Å². The minimum Gasteiger partial charge on any atom is -0.457 e. The van der Waals surface area contributed by atoms with Crippen LogP contribution in [-0.2, 0) is 11.3 Å².